The first-order valence-electron chi connectivity index (χ1n) is 9.26. The summed E-state index contributed by atoms with van der Waals surface area (Å²) in [5, 5.41) is 6.19. The van der Waals surface area contributed by atoms with E-state index in [4.69, 9.17) is 0 Å². The molecule has 0 radical (unpaired) electrons. The lowest BCUT2D eigenvalue weighted by molar-refractivity contribution is -0.118. The van der Waals surface area contributed by atoms with Crippen LogP contribution in [0.1, 0.15) is 35.2 Å². The van der Waals surface area contributed by atoms with Gasteiger partial charge >= 0.3 is 0 Å². The van der Waals surface area contributed by atoms with Crippen LogP contribution in [0.3, 0.4) is 0 Å². The SMILES string of the molecule is O=C(Nc1cccc(C(=O)N2CCc3ccccc32)c1)C1CCCCN1. The van der Waals surface area contributed by atoms with Crippen LogP contribution >= 0.6 is 0 Å². The number of rotatable bonds is 3. The molecule has 2 aliphatic heterocycles. The first-order chi connectivity index (χ1) is 12.7. The van der Waals surface area contributed by atoms with Gasteiger partial charge in [-0.05, 0) is 55.6 Å². The van der Waals surface area contributed by atoms with Gasteiger partial charge in [0, 0.05) is 23.5 Å². The van der Waals surface area contributed by atoms with E-state index in [-0.39, 0.29) is 17.9 Å². The third-order valence-corrected chi connectivity index (χ3v) is 5.14. The highest BCUT2D eigenvalue weighted by molar-refractivity contribution is 6.08. The zero-order valence-electron chi connectivity index (χ0n) is 14.7. The van der Waals surface area contributed by atoms with E-state index >= 15 is 0 Å². The normalized spacial score (nSPS) is 19.1. The van der Waals surface area contributed by atoms with Gasteiger partial charge in [-0.3, -0.25) is 9.59 Å². The Hall–Kier alpha value is -2.66. The second-order valence-electron chi connectivity index (χ2n) is 6.91. The highest BCUT2D eigenvalue weighted by atomic mass is 16.2. The average molecular weight is 349 g/mol. The molecule has 1 atom stereocenters. The van der Waals surface area contributed by atoms with Crippen LogP contribution in [0.25, 0.3) is 0 Å². The number of carbonyl (C=O) groups excluding carboxylic acids is 2. The van der Waals surface area contributed by atoms with Gasteiger partial charge in [0.25, 0.3) is 5.91 Å². The van der Waals surface area contributed by atoms with Crippen LogP contribution < -0.4 is 15.5 Å². The Morgan fingerprint density at radius 1 is 1.08 bits per heavy atom. The monoisotopic (exact) mass is 349 g/mol. The quantitative estimate of drug-likeness (QED) is 0.896. The molecule has 1 saturated heterocycles. The molecule has 26 heavy (non-hydrogen) atoms. The molecule has 1 fully saturated rings. The molecule has 0 bridgehead atoms. The van der Waals surface area contributed by atoms with Crippen molar-refractivity contribution in [1.29, 1.82) is 0 Å². The molecule has 5 nitrogen and oxygen atoms in total. The maximum Gasteiger partial charge on any atom is 0.258 e. The molecule has 4 rings (SSSR count). The topological polar surface area (TPSA) is 61.4 Å². The summed E-state index contributed by atoms with van der Waals surface area (Å²) in [5.41, 5.74) is 3.45. The molecule has 2 aliphatic rings. The Morgan fingerprint density at radius 2 is 1.96 bits per heavy atom. The molecule has 2 aromatic rings. The van der Waals surface area contributed by atoms with Crippen molar-refractivity contribution < 1.29 is 9.59 Å². The van der Waals surface area contributed by atoms with Crippen LogP contribution in [0, 0.1) is 0 Å². The molecule has 0 aromatic heterocycles. The fourth-order valence-corrected chi connectivity index (χ4v) is 3.74. The number of benzene rings is 2. The molecule has 2 aromatic carbocycles. The Labute approximate surface area is 153 Å². The number of nitrogens with zero attached hydrogens (tertiary/aromatic N) is 1. The summed E-state index contributed by atoms with van der Waals surface area (Å²) in [6.45, 7) is 1.58. The van der Waals surface area contributed by atoms with Gasteiger partial charge in [-0.1, -0.05) is 30.7 Å². The van der Waals surface area contributed by atoms with Crippen LogP contribution in [0.2, 0.25) is 0 Å². The lowest BCUT2D eigenvalue weighted by Crippen LogP contribution is -2.43. The smallest absolute Gasteiger partial charge is 0.258 e. The van der Waals surface area contributed by atoms with Crippen molar-refractivity contribution >= 4 is 23.2 Å². The van der Waals surface area contributed by atoms with Gasteiger partial charge in [-0.25, -0.2) is 0 Å². The molecule has 2 amide bonds. The second kappa shape index (κ2) is 7.30. The van der Waals surface area contributed by atoms with Crippen molar-refractivity contribution in [2.75, 3.05) is 23.3 Å². The third-order valence-electron chi connectivity index (χ3n) is 5.14. The molecule has 5 heteroatoms. The van der Waals surface area contributed by atoms with Crippen LogP contribution in [-0.2, 0) is 11.2 Å². The minimum atomic E-state index is -0.145. The van der Waals surface area contributed by atoms with Crippen molar-refractivity contribution in [3.05, 3.63) is 59.7 Å². The van der Waals surface area contributed by atoms with Gasteiger partial charge in [0.1, 0.15) is 0 Å². The van der Waals surface area contributed by atoms with Gasteiger partial charge in [0.2, 0.25) is 5.91 Å². The number of amides is 2. The number of carbonyl (C=O) groups is 2. The van der Waals surface area contributed by atoms with Gasteiger partial charge in [0.15, 0.2) is 0 Å². The molecule has 2 heterocycles. The summed E-state index contributed by atoms with van der Waals surface area (Å²) >= 11 is 0. The van der Waals surface area contributed by atoms with Crippen molar-refractivity contribution in [3.8, 4) is 0 Å². The van der Waals surface area contributed by atoms with Gasteiger partial charge in [-0.15, -0.1) is 0 Å². The first-order valence-corrected chi connectivity index (χ1v) is 9.26. The minimum absolute atomic E-state index is 0.0261. The maximum atomic E-state index is 13.0. The molecule has 0 saturated carbocycles. The van der Waals surface area contributed by atoms with Gasteiger partial charge in [-0.2, -0.15) is 0 Å². The molecule has 2 N–H and O–H groups in total. The van der Waals surface area contributed by atoms with E-state index in [0.29, 0.717) is 17.8 Å². The van der Waals surface area contributed by atoms with Crippen LogP contribution in [-0.4, -0.2) is 30.9 Å². The van der Waals surface area contributed by atoms with E-state index in [9.17, 15) is 9.59 Å². The molecular weight excluding hydrogens is 326 g/mol. The average Bonchev–Trinajstić information content (AvgIpc) is 3.12. The number of fused-ring (bicyclic) bond motifs is 1. The van der Waals surface area contributed by atoms with Crippen molar-refractivity contribution in [2.45, 2.75) is 31.7 Å². The summed E-state index contributed by atoms with van der Waals surface area (Å²) in [7, 11) is 0. The zero-order chi connectivity index (χ0) is 17.9. The molecular formula is C21H23N3O2. The summed E-state index contributed by atoms with van der Waals surface area (Å²) < 4.78 is 0. The number of para-hydroxylation sites is 1. The van der Waals surface area contributed by atoms with Crippen LogP contribution in [0.5, 0.6) is 0 Å². The Kier molecular flexibility index (Phi) is 4.71. The highest BCUT2D eigenvalue weighted by Crippen LogP contribution is 2.29. The van der Waals surface area contributed by atoms with Crippen molar-refractivity contribution in [3.63, 3.8) is 0 Å². The van der Waals surface area contributed by atoms with E-state index in [0.717, 1.165) is 37.9 Å². The Bertz CT molecular complexity index is 828. The van der Waals surface area contributed by atoms with E-state index in [1.165, 1.54) is 5.56 Å². The maximum absolute atomic E-state index is 13.0. The predicted molar refractivity (Wildman–Crippen MR) is 103 cm³/mol. The third kappa shape index (κ3) is 3.35. The molecule has 0 spiro atoms. The molecule has 1 unspecified atom stereocenters. The summed E-state index contributed by atoms with van der Waals surface area (Å²) in [6, 6.07) is 15.1. The van der Waals surface area contributed by atoms with Crippen molar-refractivity contribution in [1.82, 2.24) is 5.32 Å². The lowest BCUT2D eigenvalue weighted by Gasteiger charge is -2.22. The van der Waals surface area contributed by atoms with Crippen molar-refractivity contribution in [2.24, 2.45) is 0 Å². The van der Waals surface area contributed by atoms with Crippen LogP contribution in [0.15, 0.2) is 48.5 Å². The summed E-state index contributed by atoms with van der Waals surface area (Å²) in [4.78, 5) is 27.2. The lowest BCUT2D eigenvalue weighted by atomic mass is 10.0. The predicted octanol–water partition coefficient (Wildman–Crippen LogP) is 2.97. The zero-order valence-corrected chi connectivity index (χ0v) is 14.7. The number of hydrogen-bond acceptors (Lipinski definition) is 3. The van der Waals surface area contributed by atoms with E-state index < -0.39 is 0 Å². The van der Waals surface area contributed by atoms with Gasteiger partial charge < -0.3 is 15.5 Å². The number of anilines is 2. The fraction of sp³-hybridized carbons (Fsp3) is 0.333. The molecule has 134 valence electrons. The van der Waals surface area contributed by atoms with Crippen LogP contribution in [0.4, 0.5) is 11.4 Å². The standard InChI is InChI=1S/C21H23N3O2/c25-20(18-9-3-4-12-22-18)23-17-8-5-7-16(14-17)21(26)24-13-11-15-6-1-2-10-19(15)24/h1-2,5-8,10,14,18,22H,3-4,9,11-13H2,(H,23,25). The van der Waals surface area contributed by atoms with Gasteiger partial charge in [0.05, 0.1) is 6.04 Å². The fourth-order valence-electron chi connectivity index (χ4n) is 3.74. The Balaban J connectivity index is 1.49. The highest BCUT2D eigenvalue weighted by Gasteiger charge is 2.25. The Morgan fingerprint density at radius 3 is 2.81 bits per heavy atom. The summed E-state index contributed by atoms with van der Waals surface area (Å²) in [5.74, 6) is -0.0531. The molecule has 0 aliphatic carbocycles. The first kappa shape index (κ1) is 16.8. The van der Waals surface area contributed by atoms with E-state index in [1.54, 1.807) is 12.1 Å². The summed E-state index contributed by atoms with van der Waals surface area (Å²) in [6.07, 6.45) is 3.92. The van der Waals surface area contributed by atoms with E-state index in [1.807, 2.05) is 35.2 Å². The minimum Gasteiger partial charge on any atom is -0.325 e. The number of hydrogen-bond donors (Lipinski definition) is 2. The second-order valence-corrected chi connectivity index (χ2v) is 6.91. The number of piperidine rings is 1. The van der Waals surface area contributed by atoms with E-state index in [2.05, 4.69) is 16.7 Å². The largest absolute Gasteiger partial charge is 0.325 e. The number of nitrogens with one attached hydrogen (secondary N) is 2.